The van der Waals surface area contributed by atoms with Crippen LogP contribution >= 0.6 is 46.6 Å². The molecule has 1 aromatic heterocycles. The predicted molar refractivity (Wildman–Crippen MR) is 96.7 cm³/mol. The van der Waals surface area contributed by atoms with Crippen molar-refractivity contribution >= 4 is 62.8 Å². The number of ether oxygens (including phenoxy) is 1. The van der Waals surface area contributed by atoms with E-state index >= 15 is 0 Å². The molecule has 1 aliphatic heterocycles. The summed E-state index contributed by atoms with van der Waals surface area (Å²) in [6, 6.07) is 3.75. The monoisotopic (exact) mass is 453 g/mol. The molecular formula is C14H16INO4S2. The summed E-state index contributed by atoms with van der Waals surface area (Å²) in [6.07, 6.45) is 1.38. The van der Waals surface area contributed by atoms with Gasteiger partial charge in [0.2, 0.25) is 5.91 Å². The van der Waals surface area contributed by atoms with E-state index in [0.717, 1.165) is 9.53 Å². The van der Waals surface area contributed by atoms with E-state index < -0.39 is 0 Å². The number of halogens is 1. The standard InChI is InChI=1S/C14H16INO4S2/c1-2-19-12(17)4-3-7-16-13(18)10(22-14(16)21)8-9-5-6-11(15)20-9/h5-6,10H,2-4,7-8H2,1H3. The second-order valence-corrected chi connectivity index (χ2v) is 7.58. The summed E-state index contributed by atoms with van der Waals surface area (Å²) in [5.41, 5.74) is 0. The lowest BCUT2D eigenvalue weighted by Gasteiger charge is -2.14. The van der Waals surface area contributed by atoms with Gasteiger partial charge in [0.15, 0.2) is 3.77 Å². The molecule has 0 radical (unpaired) electrons. The number of hydrogen-bond donors (Lipinski definition) is 0. The lowest BCUT2D eigenvalue weighted by molar-refractivity contribution is -0.143. The Bertz CT molecular complexity index is 575. The highest BCUT2D eigenvalue weighted by atomic mass is 127. The number of thiocarbonyl (C=S) groups is 1. The Morgan fingerprint density at radius 2 is 2.32 bits per heavy atom. The Labute approximate surface area is 152 Å². The van der Waals surface area contributed by atoms with Gasteiger partial charge in [0.25, 0.3) is 0 Å². The number of carbonyl (C=O) groups is 2. The second-order valence-electron chi connectivity index (χ2n) is 4.68. The maximum absolute atomic E-state index is 12.4. The van der Waals surface area contributed by atoms with Crippen molar-refractivity contribution in [3.63, 3.8) is 0 Å². The summed E-state index contributed by atoms with van der Waals surface area (Å²) in [7, 11) is 0. The molecule has 0 spiro atoms. The number of carbonyl (C=O) groups excluding carboxylic acids is 2. The van der Waals surface area contributed by atoms with Crippen molar-refractivity contribution < 1.29 is 18.7 Å². The third-order valence-corrected chi connectivity index (χ3v) is 5.25. The number of amides is 1. The summed E-state index contributed by atoms with van der Waals surface area (Å²) in [5.74, 6) is 0.533. The van der Waals surface area contributed by atoms with E-state index in [-0.39, 0.29) is 17.1 Å². The third-order valence-electron chi connectivity index (χ3n) is 3.09. The normalized spacial score (nSPS) is 18.1. The molecule has 1 atom stereocenters. The molecule has 0 bridgehead atoms. The Kier molecular flexibility index (Phi) is 6.69. The molecule has 120 valence electrons. The molecule has 1 aromatic rings. The van der Waals surface area contributed by atoms with Crippen LogP contribution in [0.4, 0.5) is 0 Å². The molecule has 0 N–H and O–H groups in total. The fraction of sp³-hybridized carbons (Fsp3) is 0.500. The molecule has 0 saturated carbocycles. The predicted octanol–water partition coefficient (Wildman–Crippen LogP) is 3.00. The molecular weight excluding hydrogens is 437 g/mol. The summed E-state index contributed by atoms with van der Waals surface area (Å²) < 4.78 is 11.7. The van der Waals surface area contributed by atoms with Crippen LogP contribution in [-0.2, 0) is 20.7 Å². The lowest BCUT2D eigenvalue weighted by Crippen LogP contribution is -2.33. The number of thioether (sulfide) groups is 1. The molecule has 1 aliphatic rings. The van der Waals surface area contributed by atoms with Gasteiger partial charge in [-0.3, -0.25) is 14.5 Å². The van der Waals surface area contributed by atoms with Crippen LogP contribution in [0.5, 0.6) is 0 Å². The molecule has 8 heteroatoms. The fourth-order valence-corrected chi connectivity index (χ4v) is 4.11. The zero-order chi connectivity index (χ0) is 16.1. The fourth-order valence-electron chi connectivity index (χ4n) is 2.09. The minimum absolute atomic E-state index is 0.00901. The molecule has 0 aliphatic carbocycles. The van der Waals surface area contributed by atoms with Crippen LogP contribution in [-0.4, -0.2) is 39.5 Å². The molecule has 1 fully saturated rings. The van der Waals surface area contributed by atoms with Crippen LogP contribution < -0.4 is 0 Å². The minimum atomic E-state index is -0.241. The van der Waals surface area contributed by atoms with Crippen molar-refractivity contribution in [2.24, 2.45) is 0 Å². The summed E-state index contributed by atoms with van der Waals surface area (Å²) in [4.78, 5) is 25.3. The van der Waals surface area contributed by atoms with E-state index in [1.165, 1.54) is 11.8 Å². The van der Waals surface area contributed by atoms with Crippen molar-refractivity contribution in [1.29, 1.82) is 0 Å². The second kappa shape index (κ2) is 8.30. The van der Waals surface area contributed by atoms with E-state index in [9.17, 15) is 9.59 Å². The first kappa shape index (κ1) is 17.7. The van der Waals surface area contributed by atoms with Crippen molar-refractivity contribution in [2.75, 3.05) is 13.2 Å². The van der Waals surface area contributed by atoms with E-state index in [2.05, 4.69) is 22.6 Å². The Balaban J connectivity index is 1.84. The maximum Gasteiger partial charge on any atom is 0.305 e. The van der Waals surface area contributed by atoms with Crippen molar-refractivity contribution in [3.05, 3.63) is 21.7 Å². The van der Waals surface area contributed by atoms with Crippen LogP contribution in [0.25, 0.3) is 0 Å². The molecule has 1 unspecified atom stereocenters. The largest absolute Gasteiger partial charge is 0.466 e. The van der Waals surface area contributed by atoms with Gasteiger partial charge in [-0.1, -0.05) is 24.0 Å². The van der Waals surface area contributed by atoms with Crippen LogP contribution in [0.3, 0.4) is 0 Å². The third kappa shape index (κ3) is 4.69. The van der Waals surface area contributed by atoms with Gasteiger partial charge in [-0.25, -0.2) is 0 Å². The summed E-state index contributed by atoms with van der Waals surface area (Å²) in [6.45, 7) is 2.60. The van der Waals surface area contributed by atoms with Crippen molar-refractivity contribution in [3.8, 4) is 0 Å². The van der Waals surface area contributed by atoms with E-state index in [1.807, 2.05) is 12.1 Å². The molecule has 1 amide bonds. The molecule has 0 aromatic carbocycles. The van der Waals surface area contributed by atoms with E-state index in [0.29, 0.717) is 36.7 Å². The molecule has 2 rings (SSSR count). The Morgan fingerprint density at radius 1 is 1.55 bits per heavy atom. The van der Waals surface area contributed by atoms with E-state index in [1.54, 1.807) is 11.8 Å². The zero-order valence-corrected chi connectivity index (χ0v) is 15.8. The minimum Gasteiger partial charge on any atom is -0.466 e. The van der Waals surface area contributed by atoms with Gasteiger partial charge < -0.3 is 9.15 Å². The topological polar surface area (TPSA) is 59.8 Å². The molecule has 2 heterocycles. The first-order chi connectivity index (χ1) is 10.5. The van der Waals surface area contributed by atoms with Crippen molar-refractivity contribution in [1.82, 2.24) is 4.90 Å². The van der Waals surface area contributed by atoms with Crippen LogP contribution in [0.15, 0.2) is 16.5 Å². The van der Waals surface area contributed by atoms with Gasteiger partial charge in [-0.2, -0.15) is 0 Å². The van der Waals surface area contributed by atoms with Gasteiger partial charge in [0.05, 0.1) is 11.9 Å². The van der Waals surface area contributed by atoms with Gasteiger partial charge >= 0.3 is 5.97 Å². The number of furan rings is 1. The summed E-state index contributed by atoms with van der Waals surface area (Å²) >= 11 is 8.74. The zero-order valence-electron chi connectivity index (χ0n) is 12.0. The number of rotatable bonds is 7. The highest BCUT2D eigenvalue weighted by Crippen LogP contribution is 2.30. The average Bonchev–Trinajstić information content (AvgIpc) is 2.97. The molecule has 22 heavy (non-hydrogen) atoms. The summed E-state index contributed by atoms with van der Waals surface area (Å²) in [5, 5.41) is -0.239. The van der Waals surface area contributed by atoms with Crippen LogP contribution in [0.2, 0.25) is 0 Å². The highest BCUT2D eigenvalue weighted by Gasteiger charge is 2.37. The van der Waals surface area contributed by atoms with E-state index in [4.69, 9.17) is 21.4 Å². The van der Waals surface area contributed by atoms with Gasteiger partial charge in [0.1, 0.15) is 10.1 Å². The Morgan fingerprint density at radius 3 is 2.95 bits per heavy atom. The SMILES string of the molecule is CCOC(=O)CCCN1C(=O)C(Cc2ccc(I)o2)SC1=S. The lowest BCUT2D eigenvalue weighted by atomic mass is 10.2. The Hall–Kier alpha value is -0.610. The number of nitrogens with zero attached hydrogens (tertiary/aromatic N) is 1. The molecule has 1 saturated heterocycles. The first-order valence-corrected chi connectivity index (χ1v) is 9.29. The number of esters is 1. The average molecular weight is 453 g/mol. The van der Waals surface area contributed by atoms with Gasteiger partial charge in [-0.15, -0.1) is 0 Å². The van der Waals surface area contributed by atoms with Gasteiger partial charge in [-0.05, 0) is 48.1 Å². The maximum atomic E-state index is 12.4. The quantitative estimate of drug-likeness (QED) is 0.360. The van der Waals surface area contributed by atoms with Crippen molar-refractivity contribution in [2.45, 2.75) is 31.4 Å². The number of hydrogen-bond acceptors (Lipinski definition) is 6. The smallest absolute Gasteiger partial charge is 0.305 e. The van der Waals surface area contributed by atoms with Gasteiger partial charge in [0, 0.05) is 19.4 Å². The van der Waals surface area contributed by atoms with Crippen LogP contribution in [0.1, 0.15) is 25.5 Å². The first-order valence-electron chi connectivity index (χ1n) is 6.93. The molecule has 5 nitrogen and oxygen atoms in total. The highest BCUT2D eigenvalue weighted by molar-refractivity contribution is 14.1. The van der Waals surface area contributed by atoms with Crippen LogP contribution in [0, 0.1) is 3.77 Å².